The summed E-state index contributed by atoms with van der Waals surface area (Å²) in [5.74, 6) is -0.208. The van der Waals surface area contributed by atoms with Gasteiger partial charge in [0.05, 0.1) is 33.3 Å². The number of rotatable bonds is 6. The summed E-state index contributed by atoms with van der Waals surface area (Å²) >= 11 is 0. The zero-order valence-electron chi connectivity index (χ0n) is 18.4. The van der Waals surface area contributed by atoms with Crippen LogP contribution in [-0.2, 0) is 17.6 Å². The fourth-order valence-corrected chi connectivity index (χ4v) is 4.23. The summed E-state index contributed by atoms with van der Waals surface area (Å²) < 4.78 is 1.67. The molecule has 0 atom stereocenters. The van der Waals surface area contributed by atoms with Gasteiger partial charge < -0.3 is 4.90 Å². The van der Waals surface area contributed by atoms with Crippen LogP contribution in [0.1, 0.15) is 11.1 Å². The number of carbonyl (C=O) groups excluding carboxylic acids is 1. The van der Waals surface area contributed by atoms with E-state index in [0.717, 1.165) is 11.3 Å². The number of nitro groups is 2. The molecule has 0 bridgehead atoms. The Morgan fingerprint density at radius 1 is 0.914 bits per heavy atom. The third kappa shape index (κ3) is 4.24. The van der Waals surface area contributed by atoms with Gasteiger partial charge in [-0.05, 0) is 36.2 Å². The Morgan fingerprint density at radius 3 is 2.29 bits per heavy atom. The van der Waals surface area contributed by atoms with Crippen molar-refractivity contribution in [2.75, 3.05) is 11.4 Å². The Hall–Kier alpha value is -4.86. The van der Waals surface area contributed by atoms with Crippen LogP contribution in [0.15, 0.2) is 79.0 Å². The first-order valence-corrected chi connectivity index (χ1v) is 10.9. The first-order valence-electron chi connectivity index (χ1n) is 10.9. The highest BCUT2D eigenvalue weighted by atomic mass is 16.6. The largest absolute Gasteiger partial charge is 0.311 e. The number of fused-ring (bicyclic) bond motifs is 1. The average Bonchev–Trinajstić information content (AvgIpc) is 3.48. The van der Waals surface area contributed by atoms with E-state index in [2.05, 4.69) is 5.10 Å². The topological polar surface area (TPSA) is 124 Å². The molecule has 1 aliphatic heterocycles. The van der Waals surface area contributed by atoms with Gasteiger partial charge in [-0.1, -0.05) is 24.3 Å². The molecule has 10 heteroatoms. The number of nitro benzene ring substituents is 2. The lowest BCUT2D eigenvalue weighted by Crippen LogP contribution is -2.30. The molecule has 0 saturated carbocycles. The predicted molar refractivity (Wildman–Crippen MR) is 129 cm³/mol. The summed E-state index contributed by atoms with van der Waals surface area (Å²) in [7, 11) is 0. The number of hydrogen-bond acceptors (Lipinski definition) is 6. The van der Waals surface area contributed by atoms with Gasteiger partial charge >= 0.3 is 0 Å². The molecule has 1 amide bonds. The summed E-state index contributed by atoms with van der Waals surface area (Å²) in [5.41, 5.74) is 3.97. The lowest BCUT2D eigenvalue weighted by Gasteiger charge is -2.17. The van der Waals surface area contributed by atoms with Gasteiger partial charge in [0.25, 0.3) is 11.4 Å². The number of nitrogens with zero attached hydrogens (tertiary/aromatic N) is 5. The standard InChI is InChI=1S/C25H19N5O5/c31-24(27-13-12-17-6-11-22(30(34)35)15-23(17)27)14-19-16-28(20-4-2-1-3-5-20)26-25(19)18-7-9-21(10-8-18)29(32)33/h1-11,15-16H,12-14H2. The third-order valence-electron chi connectivity index (χ3n) is 5.98. The van der Waals surface area contributed by atoms with Crippen molar-refractivity contribution in [3.05, 3.63) is 110 Å². The summed E-state index contributed by atoms with van der Waals surface area (Å²) in [6.45, 7) is 0.440. The highest BCUT2D eigenvalue weighted by Crippen LogP contribution is 2.33. The zero-order valence-corrected chi connectivity index (χ0v) is 18.4. The van der Waals surface area contributed by atoms with Crippen LogP contribution in [0.3, 0.4) is 0 Å². The van der Waals surface area contributed by atoms with Crippen molar-refractivity contribution in [1.29, 1.82) is 0 Å². The van der Waals surface area contributed by atoms with Crippen LogP contribution < -0.4 is 4.90 Å². The SMILES string of the molecule is O=C(Cc1cn(-c2ccccc2)nc1-c1ccc([N+](=O)[O-])cc1)N1CCc2ccc([N+](=O)[O-])cc21. The number of anilines is 1. The molecular formula is C25H19N5O5. The van der Waals surface area contributed by atoms with Gasteiger partial charge in [-0.25, -0.2) is 4.68 Å². The molecule has 1 aromatic heterocycles. The van der Waals surface area contributed by atoms with Gasteiger partial charge in [-0.3, -0.25) is 25.0 Å². The minimum Gasteiger partial charge on any atom is -0.311 e. The molecule has 0 N–H and O–H groups in total. The van der Waals surface area contributed by atoms with E-state index in [1.807, 2.05) is 30.3 Å². The van der Waals surface area contributed by atoms with Crippen molar-refractivity contribution in [3.8, 4) is 16.9 Å². The van der Waals surface area contributed by atoms with Crippen LogP contribution in [0.5, 0.6) is 0 Å². The van der Waals surface area contributed by atoms with E-state index in [1.54, 1.807) is 34.0 Å². The van der Waals surface area contributed by atoms with Crippen LogP contribution in [-0.4, -0.2) is 32.1 Å². The van der Waals surface area contributed by atoms with E-state index in [4.69, 9.17) is 0 Å². The molecule has 10 nitrogen and oxygen atoms in total. The maximum atomic E-state index is 13.4. The fourth-order valence-electron chi connectivity index (χ4n) is 4.23. The summed E-state index contributed by atoms with van der Waals surface area (Å²) in [6.07, 6.45) is 2.41. The van der Waals surface area contributed by atoms with Crippen molar-refractivity contribution in [1.82, 2.24) is 9.78 Å². The molecule has 0 aliphatic carbocycles. The van der Waals surface area contributed by atoms with Crippen LogP contribution in [0.25, 0.3) is 16.9 Å². The van der Waals surface area contributed by atoms with E-state index >= 15 is 0 Å². The molecule has 3 aromatic carbocycles. The van der Waals surface area contributed by atoms with Crippen LogP contribution in [0, 0.1) is 20.2 Å². The summed E-state index contributed by atoms with van der Waals surface area (Å²) in [4.78, 5) is 36.3. The lowest BCUT2D eigenvalue weighted by molar-refractivity contribution is -0.385. The van der Waals surface area contributed by atoms with Gasteiger partial charge in [0.15, 0.2) is 0 Å². The van der Waals surface area contributed by atoms with Gasteiger partial charge in [0.2, 0.25) is 5.91 Å². The van der Waals surface area contributed by atoms with Gasteiger partial charge in [0.1, 0.15) is 0 Å². The Balaban J connectivity index is 1.50. The highest BCUT2D eigenvalue weighted by Gasteiger charge is 2.28. The van der Waals surface area contributed by atoms with Gasteiger partial charge in [0, 0.05) is 48.1 Å². The number of amides is 1. The maximum Gasteiger partial charge on any atom is 0.271 e. The van der Waals surface area contributed by atoms with Crippen LogP contribution >= 0.6 is 0 Å². The van der Waals surface area contributed by atoms with E-state index in [-0.39, 0.29) is 23.7 Å². The first-order chi connectivity index (χ1) is 16.9. The zero-order chi connectivity index (χ0) is 24.5. The molecule has 5 rings (SSSR count). The molecule has 0 fully saturated rings. The van der Waals surface area contributed by atoms with Crippen molar-refractivity contribution in [2.45, 2.75) is 12.8 Å². The molecule has 0 radical (unpaired) electrons. The highest BCUT2D eigenvalue weighted by molar-refractivity contribution is 5.97. The van der Waals surface area contributed by atoms with Crippen molar-refractivity contribution < 1.29 is 14.6 Å². The maximum absolute atomic E-state index is 13.4. The van der Waals surface area contributed by atoms with E-state index < -0.39 is 9.85 Å². The Labute approximate surface area is 199 Å². The predicted octanol–water partition coefficient (Wildman–Crippen LogP) is 4.49. The monoisotopic (exact) mass is 469 g/mol. The number of non-ortho nitro benzene ring substituents is 2. The van der Waals surface area contributed by atoms with Crippen LogP contribution in [0.2, 0.25) is 0 Å². The van der Waals surface area contributed by atoms with Crippen molar-refractivity contribution in [2.24, 2.45) is 0 Å². The quantitative estimate of drug-likeness (QED) is 0.303. The van der Waals surface area contributed by atoms with E-state index in [1.165, 1.54) is 24.3 Å². The second kappa shape index (κ2) is 8.82. The second-order valence-electron chi connectivity index (χ2n) is 8.13. The molecule has 2 heterocycles. The van der Waals surface area contributed by atoms with E-state index in [9.17, 15) is 25.0 Å². The third-order valence-corrected chi connectivity index (χ3v) is 5.98. The number of aromatic nitrogens is 2. The summed E-state index contributed by atoms with van der Waals surface area (Å²) in [5, 5.41) is 27.0. The molecule has 4 aromatic rings. The molecule has 174 valence electrons. The lowest BCUT2D eigenvalue weighted by atomic mass is 10.0. The second-order valence-corrected chi connectivity index (χ2v) is 8.13. The average molecular weight is 469 g/mol. The fraction of sp³-hybridized carbons (Fsp3) is 0.120. The number of hydrogen-bond donors (Lipinski definition) is 0. The minimum absolute atomic E-state index is 0.0152. The van der Waals surface area contributed by atoms with Crippen LogP contribution in [0.4, 0.5) is 17.1 Å². The van der Waals surface area contributed by atoms with Gasteiger partial charge in [-0.2, -0.15) is 5.10 Å². The van der Waals surface area contributed by atoms with Gasteiger partial charge in [-0.15, -0.1) is 0 Å². The minimum atomic E-state index is -0.474. The summed E-state index contributed by atoms with van der Waals surface area (Å²) in [6, 6.07) is 20.0. The number of carbonyl (C=O) groups is 1. The van der Waals surface area contributed by atoms with E-state index in [0.29, 0.717) is 35.5 Å². The number of para-hydroxylation sites is 1. The molecular weight excluding hydrogens is 450 g/mol. The number of benzene rings is 3. The molecule has 0 unspecified atom stereocenters. The normalized spacial score (nSPS) is 12.4. The Morgan fingerprint density at radius 2 is 1.60 bits per heavy atom. The Kier molecular flexibility index (Phi) is 5.54. The molecule has 35 heavy (non-hydrogen) atoms. The molecule has 1 aliphatic rings. The first kappa shape index (κ1) is 22.0. The molecule has 0 saturated heterocycles. The Bertz CT molecular complexity index is 1450. The smallest absolute Gasteiger partial charge is 0.271 e. The molecule has 0 spiro atoms. The van der Waals surface area contributed by atoms with Crippen molar-refractivity contribution >= 4 is 23.0 Å². The van der Waals surface area contributed by atoms with Crippen molar-refractivity contribution in [3.63, 3.8) is 0 Å².